The number of rotatable bonds is 0. The van der Waals surface area contributed by atoms with Crippen molar-refractivity contribution in [2.24, 2.45) is 0 Å². The number of nitrogens with zero attached hydrogens (tertiary/aromatic N) is 4. The summed E-state index contributed by atoms with van der Waals surface area (Å²) in [7, 11) is 0. The molecule has 0 aliphatic heterocycles. The third kappa shape index (κ3) is 0.540. The lowest BCUT2D eigenvalue weighted by molar-refractivity contribution is 1.03. The number of hydrogen-bond donors (Lipinski definition) is 1. The molecule has 0 fully saturated rings. The minimum Gasteiger partial charge on any atom is -0.369 e. The van der Waals surface area contributed by atoms with Crippen LogP contribution in [0.5, 0.6) is 0 Å². The van der Waals surface area contributed by atoms with Gasteiger partial charge in [-0.3, -0.25) is 4.40 Å². The lowest BCUT2D eigenvalue weighted by Crippen LogP contribution is -1.99. The lowest BCUT2D eigenvalue weighted by Gasteiger charge is -1.93. The Kier molecular flexibility index (Phi) is 0.858. The number of nitrogen functional groups attached to an aromatic ring is 1. The van der Waals surface area contributed by atoms with Gasteiger partial charge in [-0.2, -0.15) is 0 Å². The molecule has 2 heterocycles. The van der Waals surface area contributed by atoms with Crippen molar-refractivity contribution in [2.75, 3.05) is 5.73 Å². The van der Waals surface area contributed by atoms with Crippen LogP contribution in [0.1, 0.15) is 0 Å². The van der Waals surface area contributed by atoms with Crippen molar-refractivity contribution >= 4 is 11.7 Å². The number of nitrogens with two attached hydrogens (primary N) is 1. The van der Waals surface area contributed by atoms with Crippen LogP contribution in [0.3, 0.4) is 0 Å². The Labute approximate surface area is 56.5 Å². The van der Waals surface area contributed by atoms with Gasteiger partial charge in [-0.05, 0) is 0 Å². The molecule has 2 aromatic rings. The van der Waals surface area contributed by atoms with Crippen LogP contribution in [0, 0.1) is 0 Å². The lowest BCUT2D eigenvalue weighted by atomic mass is 10.8. The molecule has 5 heteroatoms. The Morgan fingerprint density at radius 2 is 2.20 bits per heavy atom. The molecule has 5 nitrogen and oxygen atoms in total. The zero-order valence-electron chi connectivity index (χ0n) is 5.10. The molecule has 0 saturated heterocycles. The maximum atomic E-state index is 5.47. The maximum absolute atomic E-state index is 5.47. The molecule has 2 rings (SSSR count). The minimum atomic E-state index is 0.405. The van der Waals surface area contributed by atoms with Crippen molar-refractivity contribution < 1.29 is 0 Å². The molecule has 0 aliphatic rings. The van der Waals surface area contributed by atoms with Crippen LogP contribution in [0.15, 0.2) is 18.7 Å². The zero-order chi connectivity index (χ0) is 6.97. The van der Waals surface area contributed by atoms with Gasteiger partial charge in [-0.15, -0.1) is 0 Å². The normalized spacial score (nSPS) is 10.4. The fourth-order valence-corrected chi connectivity index (χ4v) is 0.772. The highest BCUT2D eigenvalue weighted by Gasteiger charge is 1.95. The van der Waals surface area contributed by atoms with Gasteiger partial charge in [0.25, 0.3) is 0 Å². The van der Waals surface area contributed by atoms with Gasteiger partial charge in [0, 0.05) is 12.4 Å². The summed E-state index contributed by atoms with van der Waals surface area (Å²) in [5.41, 5.74) is 5.47. The number of aromatic nitrogens is 4. The van der Waals surface area contributed by atoms with Crippen LogP contribution >= 0.6 is 0 Å². The Bertz CT molecular complexity index is 352. The van der Waals surface area contributed by atoms with Crippen molar-refractivity contribution in [3.8, 4) is 0 Å². The summed E-state index contributed by atoms with van der Waals surface area (Å²) < 4.78 is 1.61. The second-order valence-corrected chi connectivity index (χ2v) is 1.83. The molecule has 0 atom stereocenters. The first kappa shape index (κ1) is 5.16. The fourth-order valence-electron chi connectivity index (χ4n) is 0.772. The van der Waals surface area contributed by atoms with E-state index in [-0.39, 0.29) is 0 Å². The van der Waals surface area contributed by atoms with Gasteiger partial charge >= 0.3 is 0 Å². The summed E-state index contributed by atoms with van der Waals surface area (Å²) in [6.45, 7) is 0. The van der Waals surface area contributed by atoms with Crippen LogP contribution in [0.25, 0.3) is 5.78 Å². The van der Waals surface area contributed by atoms with E-state index in [2.05, 4.69) is 15.0 Å². The summed E-state index contributed by atoms with van der Waals surface area (Å²) in [5.74, 6) is 0.981. The van der Waals surface area contributed by atoms with E-state index >= 15 is 0 Å². The molecular formula is C5H5N5. The Balaban J connectivity index is 2.95. The van der Waals surface area contributed by atoms with E-state index in [0.29, 0.717) is 11.7 Å². The summed E-state index contributed by atoms with van der Waals surface area (Å²) >= 11 is 0. The van der Waals surface area contributed by atoms with Gasteiger partial charge in [0.05, 0.1) is 0 Å². The molecule has 0 saturated carbocycles. The predicted molar refractivity (Wildman–Crippen MR) is 35.2 cm³/mol. The standard InChI is InChI=1S/C5H5N5/c6-4-8-3-9-5-7-1-2-10(4)5/h1-3H,(H2,6,7,8,9). The molecule has 10 heavy (non-hydrogen) atoms. The van der Waals surface area contributed by atoms with Crippen LogP contribution in [0.4, 0.5) is 5.95 Å². The maximum Gasteiger partial charge on any atom is 0.238 e. The number of imidazole rings is 1. The van der Waals surface area contributed by atoms with Gasteiger partial charge in [-0.1, -0.05) is 0 Å². The van der Waals surface area contributed by atoms with E-state index < -0.39 is 0 Å². The average Bonchev–Trinajstić information content (AvgIpc) is 2.36. The van der Waals surface area contributed by atoms with Gasteiger partial charge < -0.3 is 5.73 Å². The third-order valence-electron chi connectivity index (χ3n) is 1.23. The van der Waals surface area contributed by atoms with Crippen molar-refractivity contribution in [1.82, 2.24) is 19.4 Å². The first-order chi connectivity index (χ1) is 4.88. The molecule has 0 unspecified atom stereocenters. The number of anilines is 1. The molecule has 0 spiro atoms. The van der Waals surface area contributed by atoms with E-state index in [1.807, 2.05) is 0 Å². The van der Waals surface area contributed by atoms with Gasteiger partial charge in [0.1, 0.15) is 6.33 Å². The second kappa shape index (κ2) is 1.66. The Hall–Kier alpha value is -1.65. The third-order valence-corrected chi connectivity index (χ3v) is 1.23. The Morgan fingerprint density at radius 3 is 3.00 bits per heavy atom. The molecule has 0 aromatic carbocycles. The van der Waals surface area contributed by atoms with Crippen LogP contribution in [0.2, 0.25) is 0 Å². The van der Waals surface area contributed by atoms with Crippen molar-refractivity contribution in [3.05, 3.63) is 18.7 Å². The zero-order valence-corrected chi connectivity index (χ0v) is 5.10. The fraction of sp³-hybridized carbons (Fsp3) is 0. The van der Waals surface area contributed by atoms with Gasteiger partial charge in [-0.25, -0.2) is 15.0 Å². The Morgan fingerprint density at radius 1 is 1.30 bits per heavy atom. The van der Waals surface area contributed by atoms with Crippen molar-refractivity contribution in [1.29, 1.82) is 0 Å². The smallest absolute Gasteiger partial charge is 0.238 e. The molecule has 0 bridgehead atoms. The predicted octanol–water partition coefficient (Wildman–Crippen LogP) is -0.294. The van der Waals surface area contributed by atoms with Gasteiger partial charge in [0.2, 0.25) is 11.7 Å². The molecule has 50 valence electrons. The first-order valence-corrected chi connectivity index (χ1v) is 2.77. The van der Waals surface area contributed by atoms with E-state index in [0.717, 1.165) is 0 Å². The van der Waals surface area contributed by atoms with E-state index in [4.69, 9.17) is 5.73 Å². The SMILES string of the molecule is Nc1ncnc2nccn12. The van der Waals surface area contributed by atoms with Crippen LogP contribution in [-0.4, -0.2) is 19.4 Å². The average molecular weight is 135 g/mol. The quantitative estimate of drug-likeness (QED) is 0.538. The van der Waals surface area contributed by atoms with Crippen LogP contribution in [-0.2, 0) is 0 Å². The summed E-state index contributed by atoms with van der Waals surface area (Å²) in [4.78, 5) is 11.5. The highest BCUT2D eigenvalue weighted by molar-refractivity contribution is 5.34. The molecule has 0 aliphatic carbocycles. The molecule has 2 N–H and O–H groups in total. The van der Waals surface area contributed by atoms with E-state index in [1.165, 1.54) is 6.33 Å². The van der Waals surface area contributed by atoms with Crippen molar-refractivity contribution in [3.63, 3.8) is 0 Å². The molecule has 0 radical (unpaired) electrons. The highest BCUT2D eigenvalue weighted by atomic mass is 15.2. The number of fused-ring (bicyclic) bond motifs is 1. The summed E-state index contributed by atoms with van der Waals surface area (Å²) in [6.07, 6.45) is 4.72. The minimum absolute atomic E-state index is 0.405. The summed E-state index contributed by atoms with van der Waals surface area (Å²) in [6, 6.07) is 0. The first-order valence-electron chi connectivity index (χ1n) is 2.77. The molecular weight excluding hydrogens is 130 g/mol. The van der Waals surface area contributed by atoms with E-state index in [9.17, 15) is 0 Å². The molecule has 0 amide bonds. The second-order valence-electron chi connectivity index (χ2n) is 1.83. The highest BCUT2D eigenvalue weighted by Crippen LogP contribution is 1.98. The monoisotopic (exact) mass is 135 g/mol. The molecule has 2 aromatic heterocycles. The van der Waals surface area contributed by atoms with E-state index in [1.54, 1.807) is 16.8 Å². The number of hydrogen-bond acceptors (Lipinski definition) is 4. The summed E-state index contributed by atoms with van der Waals surface area (Å²) in [5, 5.41) is 0. The van der Waals surface area contributed by atoms with Crippen LogP contribution < -0.4 is 5.73 Å². The van der Waals surface area contributed by atoms with Gasteiger partial charge in [0.15, 0.2) is 0 Å². The van der Waals surface area contributed by atoms with Crippen molar-refractivity contribution in [2.45, 2.75) is 0 Å². The largest absolute Gasteiger partial charge is 0.369 e. The topological polar surface area (TPSA) is 69.1 Å².